The molecule has 0 heterocycles. The summed E-state index contributed by atoms with van der Waals surface area (Å²) in [4.78, 5) is 0. The first-order chi connectivity index (χ1) is 7.22. The fraction of sp³-hybridized carbons (Fsp3) is 0.455. The quantitative estimate of drug-likeness (QED) is 0.701. The van der Waals surface area contributed by atoms with Crippen molar-refractivity contribution in [3.63, 3.8) is 0 Å². The van der Waals surface area contributed by atoms with Gasteiger partial charge in [0.1, 0.15) is 0 Å². The minimum absolute atomic E-state index is 0.0858. The average molecular weight is 227 g/mol. The van der Waals surface area contributed by atoms with Gasteiger partial charge >= 0.3 is 0 Å². The van der Waals surface area contributed by atoms with Gasteiger partial charge < -0.3 is 10.4 Å². The lowest BCUT2D eigenvalue weighted by molar-refractivity contribution is 0.282. The molecule has 84 valence electrons. The zero-order valence-corrected chi connectivity index (χ0v) is 9.72. The number of benzene rings is 1. The van der Waals surface area contributed by atoms with Crippen LogP contribution in [0.1, 0.15) is 11.1 Å². The minimum atomic E-state index is -0.724. The number of aliphatic hydroxyl groups excluding tert-OH is 1. The number of hydrogen-bond donors (Lipinski definition) is 2. The predicted octanol–water partition coefficient (Wildman–Crippen LogP) is 0.647. The standard InChI is InChI=1S/C11H17NO2S/c1-15(14)7-6-12-8-10-2-4-11(9-13)5-3-10/h2-5,12-13H,6-9H2,1H3. The van der Waals surface area contributed by atoms with Gasteiger partial charge in [0.25, 0.3) is 0 Å². The summed E-state index contributed by atoms with van der Waals surface area (Å²) in [6, 6.07) is 7.80. The molecule has 2 N–H and O–H groups in total. The summed E-state index contributed by atoms with van der Waals surface area (Å²) in [5.74, 6) is 0.689. The van der Waals surface area contributed by atoms with Gasteiger partial charge in [-0.05, 0) is 11.1 Å². The Labute approximate surface area is 93.0 Å². The third-order valence-electron chi connectivity index (χ3n) is 2.10. The molecule has 1 aromatic rings. The molecule has 0 aliphatic heterocycles. The van der Waals surface area contributed by atoms with Crippen molar-refractivity contribution in [3.8, 4) is 0 Å². The van der Waals surface area contributed by atoms with Crippen LogP contribution in [0.15, 0.2) is 24.3 Å². The van der Waals surface area contributed by atoms with E-state index in [1.165, 1.54) is 5.56 Å². The molecule has 15 heavy (non-hydrogen) atoms. The molecular formula is C11H17NO2S. The first-order valence-electron chi connectivity index (χ1n) is 4.92. The summed E-state index contributed by atoms with van der Waals surface area (Å²) in [6.07, 6.45) is 1.71. The lowest BCUT2D eigenvalue weighted by atomic mass is 10.1. The summed E-state index contributed by atoms with van der Waals surface area (Å²) in [5.41, 5.74) is 2.10. The van der Waals surface area contributed by atoms with E-state index < -0.39 is 10.8 Å². The maximum Gasteiger partial charge on any atom is 0.0681 e. The van der Waals surface area contributed by atoms with Crippen molar-refractivity contribution in [3.05, 3.63) is 35.4 Å². The van der Waals surface area contributed by atoms with Gasteiger partial charge in [0.15, 0.2) is 0 Å². The molecule has 1 unspecified atom stereocenters. The highest BCUT2D eigenvalue weighted by atomic mass is 32.2. The lowest BCUT2D eigenvalue weighted by Crippen LogP contribution is -2.19. The van der Waals surface area contributed by atoms with E-state index in [0.717, 1.165) is 18.7 Å². The van der Waals surface area contributed by atoms with E-state index in [9.17, 15) is 4.21 Å². The smallest absolute Gasteiger partial charge is 0.0681 e. The van der Waals surface area contributed by atoms with Crippen LogP contribution < -0.4 is 5.32 Å². The van der Waals surface area contributed by atoms with Crippen LogP contribution in [0, 0.1) is 0 Å². The maximum absolute atomic E-state index is 10.8. The van der Waals surface area contributed by atoms with Crippen LogP contribution in [0.3, 0.4) is 0 Å². The molecule has 1 rings (SSSR count). The SMILES string of the molecule is CS(=O)CCNCc1ccc(CO)cc1. The molecule has 0 spiro atoms. The molecule has 4 heteroatoms. The molecule has 3 nitrogen and oxygen atoms in total. The number of rotatable bonds is 6. The fourth-order valence-electron chi connectivity index (χ4n) is 1.21. The second kappa shape index (κ2) is 6.71. The summed E-state index contributed by atoms with van der Waals surface area (Å²) < 4.78 is 10.8. The Hall–Kier alpha value is -0.710. The van der Waals surface area contributed by atoms with Gasteiger partial charge in [0.2, 0.25) is 0 Å². The molecule has 0 bridgehead atoms. The highest BCUT2D eigenvalue weighted by molar-refractivity contribution is 7.84. The number of aliphatic hydroxyl groups is 1. The molecule has 0 amide bonds. The molecule has 0 aromatic heterocycles. The Balaban J connectivity index is 2.28. The van der Waals surface area contributed by atoms with Crippen molar-refractivity contribution in [2.75, 3.05) is 18.6 Å². The minimum Gasteiger partial charge on any atom is -0.392 e. The molecule has 0 aliphatic carbocycles. The van der Waals surface area contributed by atoms with Crippen LogP contribution in [0.25, 0.3) is 0 Å². The Morgan fingerprint density at radius 1 is 1.27 bits per heavy atom. The lowest BCUT2D eigenvalue weighted by Gasteiger charge is -2.04. The summed E-state index contributed by atoms with van der Waals surface area (Å²) >= 11 is 0. The van der Waals surface area contributed by atoms with Crippen LogP contribution in [0.2, 0.25) is 0 Å². The van der Waals surface area contributed by atoms with E-state index in [1.807, 2.05) is 24.3 Å². The average Bonchev–Trinajstić information content (AvgIpc) is 2.25. The molecule has 0 aliphatic rings. The van der Waals surface area contributed by atoms with Crippen LogP contribution in [0.4, 0.5) is 0 Å². The predicted molar refractivity (Wildman–Crippen MR) is 63.0 cm³/mol. The van der Waals surface area contributed by atoms with Crippen LogP contribution in [-0.2, 0) is 24.0 Å². The monoisotopic (exact) mass is 227 g/mol. The molecule has 1 aromatic carbocycles. The van der Waals surface area contributed by atoms with Gasteiger partial charge in [-0.1, -0.05) is 24.3 Å². The van der Waals surface area contributed by atoms with E-state index >= 15 is 0 Å². The van der Waals surface area contributed by atoms with Crippen molar-refractivity contribution >= 4 is 10.8 Å². The van der Waals surface area contributed by atoms with Gasteiger partial charge in [0, 0.05) is 35.9 Å². The highest BCUT2D eigenvalue weighted by Gasteiger charge is 1.94. The summed E-state index contributed by atoms with van der Waals surface area (Å²) in [5, 5.41) is 12.1. The first kappa shape index (κ1) is 12.4. The molecular weight excluding hydrogens is 210 g/mol. The van der Waals surface area contributed by atoms with E-state index in [2.05, 4.69) is 5.32 Å². The molecule has 0 saturated carbocycles. The maximum atomic E-state index is 10.8. The summed E-state index contributed by atoms with van der Waals surface area (Å²) in [7, 11) is -0.724. The van der Waals surface area contributed by atoms with Gasteiger partial charge in [-0.3, -0.25) is 4.21 Å². The fourth-order valence-corrected chi connectivity index (χ4v) is 1.64. The van der Waals surface area contributed by atoms with Crippen molar-refractivity contribution in [2.45, 2.75) is 13.2 Å². The van der Waals surface area contributed by atoms with Crippen molar-refractivity contribution in [1.82, 2.24) is 5.32 Å². The number of hydrogen-bond acceptors (Lipinski definition) is 3. The second-order valence-corrected chi connectivity index (χ2v) is 4.98. The van der Waals surface area contributed by atoms with Gasteiger partial charge in [0.05, 0.1) is 6.61 Å². The number of nitrogens with one attached hydrogen (secondary N) is 1. The van der Waals surface area contributed by atoms with Crippen molar-refractivity contribution in [2.24, 2.45) is 0 Å². The molecule has 0 saturated heterocycles. The topological polar surface area (TPSA) is 49.3 Å². The zero-order chi connectivity index (χ0) is 11.1. The highest BCUT2D eigenvalue weighted by Crippen LogP contribution is 2.03. The van der Waals surface area contributed by atoms with E-state index in [4.69, 9.17) is 5.11 Å². The Morgan fingerprint density at radius 3 is 2.40 bits per heavy atom. The molecule has 1 atom stereocenters. The van der Waals surface area contributed by atoms with Crippen molar-refractivity contribution < 1.29 is 9.32 Å². The first-order valence-corrected chi connectivity index (χ1v) is 6.64. The van der Waals surface area contributed by atoms with E-state index in [0.29, 0.717) is 5.75 Å². The third-order valence-corrected chi connectivity index (χ3v) is 2.88. The molecule has 0 radical (unpaired) electrons. The Morgan fingerprint density at radius 2 is 1.87 bits per heavy atom. The van der Waals surface area contributed by atoms with Crippen LogP contribution in [-0.4, -0.2) is 27.9 Å². The normalized spacial score (nSPS) is 12.7. The van der Waals surface area contributed by atoms with Gasteiger partial charge in [-0.25, -0.2) is 0 Å². The Bertz CT molecular complexity index is 311. The third kappa shape index (κ3) is 5.06. The van der Waals surface area contributed by atoms with Crippen LogP contribution >= 0.6 is 0 Å². The van der Waals surface area contributed by atoms with Crippen LogP contribution in [0.5, 0.6) is 0 Å². The Kier molecular flexibility index (Phi) is 5.53. The summed E-state index contributed by atoms with van der Waals surface area (Å²) in [6.45, 7) is 1.64. The van der Waals surface area contributed by atoms with Gasteiger partial charge in [-0.2, -0.15) is 0 Å². The zero-order valence-electron chi connectivity index (χ0n) is 8.90. The molecule has 0 fully saturated rings. The second-order valence-electron chi connectivity index (χ2n) is 3.43. The van der Waals surface area contributed by atoms with E-state index in [-0.39, 0.29) is 6.61 Å². The van der Waals surface area contributed by atoms with Gasteiger partial charge in [-0.15, -0.1) is 0 Å². The largest absolute Gasteiger partial charge is 0.392 e. The van der Waals surface area contributed by atoms with Crippen molar-refractivity contribution in [1.29, 1.82) is 0 Å². The van der Waals surface area contributed by atoms with E-state index in [1.54, 1.807) is 6.26 Å².